The average Bonchev–Trinajstić information content (AvgIpc) is 2.61. The topological polar surface area (TPSA) is 36.6 Å². The predicted octanol–water partition coefficient (Wildman–Crippen LogP) is 2.73. The Hall–Kier alpha value is -2.60. The van der Waals surface area contributed by atoms with Gasteiger partial charge in [-0.05, 0) is 29.3 Å². The van der Waals surface area contributed by atoms with Crippen molar-refractivity contribution in [3.8, 4) is 0 Å². The smallest absolute Gasteiger partial charge is 0.237 e. The number of carbonyl (C=O) groups is 1. The number of hydrogen-bond acceptors (Lipinski definition) is 4. The second-order valence-electron chi connectivity index (χ2n) is 5.64. The minimum atomic E-state index is -0.767. The van der Waals surface area contributed by atoms with Gasteiger partial charge in [-0.15, -0.1) is 6.58 Å². The Labute approximate surface area is 152 Å². The molecule has 0 N–H and O–H groups in total. The van der Waals surface area contributed by atoms with Crippen LogP contribution in [0.2, 0.25) is 0 Å². The van der Waals surface area contributed by atoms with Crippen molar-refractivity contribution >= 4 is 29.1 Å². The van der Waals surface area contributed by atoms with E-state index < -0.39 is 11.9 Å². The summed E-state index contributed by atoms with van der Waals surface area (Å²) in [6.45, 7) is 3.95. The van der Waals surface area contributed by atoms with Crippen molar-refractivity contribution in [1.29, 1.82) is 0 Å². The van der Waals surface area contributed by atoms with Crippen LogP contribution >= 0.6 is 0 Å². The summed E-state index contributed by atoms with van der Waals surface area (Å²) in [5.74, 6) is -0.629. The number of Topliss-reactive ketones (excluding diaryl/α,β-unsaturated/α-hetero) is 1. The zero-order valence-corrected chi connectivity index (χ0v) is 15.0. The predicted molar refractivity (Wildman–Crippen MR) is 101 cm³/mol. The van der Waals surface area contributed by atoms with E-state index in [9.17, 15) is 9.18 Å². The summed E-state index contributed by atoms with van der Waals surface area (Å²) in [6.07, 6.45) is 5.19. The molecule has 0 aliphatic carbocycles. The lowest BCUT2D eigenvalue weighted by atomic mass is 10.0. The summed E-state index contributed by atoms with van der Waals surface area (Å²) in [5, 5.41) is 0.261. The van der Waals surface area contributed by atoms with E-state index in [0.29, 0.717) is 12.1 Å². The molecule has 2 rings (SSSR count). The lowest BCUT2D eigenvalue weighted by Crippen LogP contribution is -2.47. The SMILES string of the molecule is C=CCN=C([S-])[C@H](C(=O)c1ccc(F)cc1)[n+]1ccc(N(C)C)cc1. The van der Waals surface area contributed by atoms with Crippen LogP contribution in [0.25, 0.3) is 0 Å². The molecular formula is C19H20FN3OS. The molecule has 0 bridgehead atoms. The van der Waals surface area contributed by atoms with Crippen LogP contribution in [0.4, 0.5) is 10.1 Å². The molecule has 4 nitrogen and oxygen atoms in total. The second kappa shape index (κ2) is 8.48. The normalized spacial score (nSPS) is 12.5. The molecule has 0 radical (unpaired) electrons. The van der Waals surface area contributed by atoms with Crippen LogP contribution in [0, 0.1) is 5.82 Å². The lowest BCUT2D eigenvalue weighted by Gasteiger charge is -2.19. The molecule has 1 aromatic heterocycles. The fourth-order valence-electron chi connectivity index (χ4n) is 2.29. The molecule has 2 aromatic rings. The average molecular weight is 357 g/mol. The van der Waals surface area contributed by atoms with Gasteiger partial charge in [-0.1, -0.05) is 6.08 Å². The third kappa shape index (κ3) is 4.70. The van der Waals surface area contributed by atoms with Crippen molar-refractivity contribution in [3.63, 3.8) is 0 Å². The molecule has 0 saturated heterocycles. The van der Waals surface area contributed by atoms with E-state index in [1.807, 2.05) is 31.1 Å². The Bertz CT molecular complexity index is 770. The molecule has 0 unspecified atom stereocenters. The van der Waals surface area contributed by atoms with Crippen molar-refractivity contribution in [3.05, 3.63) is 72.8 Å². The van der Waals surface area contributed by atoms with Crippen LogP contribution in [0.1, 0.15) is 16.4 Å². The third-order valence-corrected chi connectivity index (χ3v) is 3.99. The second-order valence-corrected chi connectivity index (χ2v) is 6.06. The Kier molecular flexibility index (Phi) is 6.36. The van der Waals surface area contributed by atoms with Gasteiger partial charge < -0.3 is 22.5 Å². The van der Waals surface area contributed by atoms with Crippen LogP contribution in [0.15, 0.2) is 66.4 Å². The van der Waals surface area contributed by atoms with Gasteiger partial charge in [-0.25, -0.2) is 4.39 Å². The fourth-order valence-corrected chi connectivity index (χ4v) is 2.59. The van der Waals surface area contributed by atoms with Crippen molar-refractivity contribution < 1.29 is 13.8 Å². The third-order valence-electron chi connectivity index (χ3n) is 3.64. The van der Waals surface area contributed by atoms with E-state index in [-0.39, 0.29) is 10.8 Å². The number of pyridine rings is 1. The summed E-state index contributed by atoms with van der Waals surface area (Å²) >= 11 is 5.37. The standard InChI is InChI=1S/C19H20FN3OS/c1-4-11-21-19(25)17(18(24)14-5-7-15(20)8-6-14)23-12-9-16(10-13-23)22(2)3/h4-10,12-13,17H,1,11H2,2-3H3/t17-/m0/s1. The molecule has 1 atom stereocenters. The number of aromatic nitrogens is 1. The molecule has 0 saturated carbocycles. The van der Waals surface area contributed by atoms with E-state index >= 15 is 0 Å². The van der Waals surface area contributed by atoms with E-state index in [0.717, 1.165) is 5.69 Å². The van der Waals surface area contributed by atoms with Crippen molar-refractivity contribution in [2.75, 3.05) is 25.5 Å². The Morgan fingerprint density at radius 3 is 2.40 bits per heavy atom. The van der Waals surface area contributed by atoms with Crippen LogP contribution in [0.5, 0.6) is 0 Å². The van der Waals surface area contributed by atoms with E-state index in [4.69, 9.17) is 12.6 Å². The number of halogens is 1. The zero-order chi connectivity index (χ0) is 18.4. The van der Waals surface area contributed by atoms with E-state index in [2.05, 4.69) is 11.6 Å². The first-order chi connectivity index (χ1) is 11.9. The highest BCUT2D eigenvalue weighted by Gasteiger charge is 2.28. The fraction of sp³-hybridized carbons (Fsp3) is 0.211. The van der Waals surface area contributed by atoms with Gasteiger partial charge in [0.15, 0.2) is 12.4 Å². The van der Waals surface area contributed by atoms with Crippen LogP contribution in [0.3, 0.4) is 0 Å². The van der Waals surface area contributed by atoms with Gasteiger partial charge in [0.1, 0.15) is 5.82 Å². The van der Waals surface area contributed by atoms with Gasteiger partial charge in [-0.3, -0.25) is 4.79 Å². The number of aliphatic imine (C=N–C) groups is 1. The summed E-state index contributed by atoms with van der Waals surface area (Å²) in [6, 6.07) is 8.44. The number of ketones is 1. The zero-order valence-electron chi connectivity index (χ0n) is 14.2. The van der Waals surface area contributed by atoms with Gasteiger partial charge in [0.2, 0.25) is 11.8 Å². The Balaban J connectivity index is 2.43. The van der Waals surface area contributed by atoms with Crippen LogP contribution in [-0.2, 0) is 12.6 Å². The van der Waals surface area contributed by atoms with Gasteiger partial charge in [0.25, 0.3) is 0 Å². The number of anilines is 1. The molecule has 0 amide bonds. The van der Waals surface area contributed by atoms with Gasteiger partial charge in [0.05, 0.1) is 6.54 Å². The maximum Gasteiger partial charge on any atom is 0.237 e. The lowest BCUT2D eigenvalue weighted by molar-refractivity contribution is -0.691. The minimum absolute atomic E-state index is 0.236. The van der Waals surface area contributed by atoms with Crippen molar-refractivity contribution in [2.24, 2.45) is 4.99 Å². The summed E-state index contributed by atoms with van der Waals surface area (Å²) in [7, 11) is 3.87. The largest absolute Gasteiger partial charge is 0.758 e. The molecule has 6 heteroatoms. The number of carbonyl (C=O) groups excluding carboxylic acids is 1. The number of rotatable bonds is 7. The molecule has 0 spiro atoms. The van der Waals surface area contributed by atoms with Crippen LogP contribution < -0.4 is 9.47 Å². The quantitative estimate of drug-likeness (QED) is 0.191. The monoisotopic (exact) mass is 357 g/mol. The summed E-state index contributed by atoms with van der Waals surface area (Å²) in [4.78, 5) is 19.1. The molecular weight excluding hydrogens is 337 g/mol. The first-order valence-electron chi connectivity index (χ1n) is 7.74. The summed E-state index contributed by atoms with van der Waals surface area (Å²) < 4.78 is 14.9. The maximum absolute atomic E-state index is 13.1. The highest BCUT2D eigenvalue weighted by atomic mass is 32.1. The molecule has 1 heterocycles. The van der Waals surface area contributed by atoms with Gasteiger partial charge in [-0.2, -0.15) is 4.57 Å². The van der Waals surface area contributed by atoms with Gasteiger partial charge >= 0.3 is 0 Å². The minimum Gasteiger partial charge on any atom is -0.758 e. The summed E-state index contributed by atoms with van der Waals surface area (Å²) in [5.41, 5.74) is 1.38. The Morgan fingerprint density at radius 2 is 1.88 bits per heavy atom. The van der Waals surface area contributed by atoms with E-state index in [1.54, 1.807) is 23.0 Å². The molecule has 0 aliphatic rings. The molecule has 1 aromatic carbocycles. The number of nitrogens with zero attached hydrogens (tertiary/aromatic N) is 3. The Morgan fingerprint density at radius 1 is 1.28 bits per heavy atom. The number of benzene rings is 1. The van der Waals surface area contributed by atoms with E-state index in [1.165, 1.54) is 24.3 Å². The maximum atomic E-state index is 13.1. The molecule has 25 heavy (non-hydrogen) atoms. The highest BCUT2D eigenvalue weighted by Crippen LogP contribution is 2.14. The van der Waals surface area contributed by atoms with Gasteiger partial charge in [0, 0.05) is 37.5 Å². The number of hydrogen-bond donors (Lipinski definition) is 0. The first-order valence-corrected chi connectivity index (χ1v) is 8.15. The van der Waals surface area contributed by atoms with Crippen molar-refractivity contribution in [2.45, 2.75) is 6.04 Å². The molecule has 0 fully saturated rings. The van der Waals surface area contributed by atoms with Crippen LogP contribution in [-0.4, -0.2) is 31.5 Å². The van der Waals surface area contributed by atoms with Crippen molar-refractivity contribution in [1.82, 2.24) is 0 Å². The highest BCUT2D eigenvalue weighted by molar-refractivity contribution is 7.77. The first kappa shape index (κ1) is 18.7. The molecule has 130 valence electrons. The molecule has 0 aliphatic heterocycles.